The van der Waals surface area contributed by atoms with Crippen LogP contribution in [0.2, 0.25) is 0 Å². The minimum atomic E-state index is -5.62. The minimum absolute atomic E-state index is 0.100. The number of aliphatic hydroxyl groups is 1. The van der Waals surface area contributed by atoms with Crippen molar-refractivity contribution in [2.45, 2.75) is 18.7 Å². The molecule has 0 bridgehead atoms. The van der Waals surface area contributed by atoms with Crippen LogP contribution in [0.5, 0.6) is 0 Å². The topological polar surface area (TPSA) is 76.7 Å². The molecule has 0 spiro atoms. The van der Waals surface area contributed by atoms with Crippen LogP contribution < -0.4 is 0 Å². The zero-order valence-electron chi connectivity index (χ0n) is 7.69. The normalized spacial score (nSPS) is 13.0. The van der Waals surface area contributed by atoms with Gasteiger partial charge in [-0.2, -0.15) is 21.6 Å². The van der Waals surface area contributed by atoms with Gasteiger partial charge in [-0.1, -0.05) is 0 Å². The molecule has 0 saturated carbocycles. The fraction of sp³-hybridized carbons (Fsp3) is 0.429. The van der Waals surface area contributed by atoms with E-state index in [1.165, 1.54) is 12.1 Å². The second kappa shape index (κ2) is 4.44. The van der Waals surface area contributed by atoms with E-state index >= 15 is 0 Å². The molecule has 1 aromatic heterocycles. The molecule has 0 aliphatic rings. The Hall–Kier alpha value is -1.06. The summed E-state index contributed by atoms with van der Waals surface area (Å²) in [6, 6.07) is 2.50. The van der Waals surface area contributed by atoms with Crippen molar-refractivity contribution < 1.29 is 35.3 Å². The molecule has 0 amide bonds. The van der Waals surface area contributed by atoms with Crippen LogP contribution in [0.15, 0.2) is 16.5 Å². The summed E-state index contributed by atoms with van der Waals surface area (Å²) in [5.74, 6) is -0.0279. The lowest BCUT2D eigenvalue weighted by molar-refractivity contribution is -0.0551. The van der Waals surface area contributed by atoms with Crippen molar-refractivity contribution in [2.75, 3.05) is 0 Å². The molecule has 0 saturated heterocycles. The van der Waals surface area contributed by atoms with E-state index < -0.39 is 28.8 Å². The first-order valence-electron chi connectivity index (χ1n) is 3.90. The molecule has 92 valence electrons. The van der Waals surface area contributed by atoms with Gasteiger partial charge in [0, 0.05) is 0 Å². The Labute approximate surface area is 88.6 Å². The van der Waals surface area contributed by atoms with Crippen LogP contribution in [-0.4, -0.2) is 19.0 Å². The van der Waals surface area contributed by atoms with Crippen LogP contribution in [-0.2, 0) is 27.5 Å². The standard InChI is InChI=1S/C7H7F3O5S/c8-7(9,10)16(12,13)14-4-6-2-1-5(3-11)15-6/h1-2,11H,3-4H2. The maximum atomic E-state index is 11.8. The Morgan fingerprint density at radius 1 is 1.31 bits per heavy atom. The molecule has 0 aliphatic heterocycles. The van der Waals surface area contributed by atoms with Crippen LogP contribution in [0.4, 0.5) is 13.2 Å². The van der Waals surface area contributed by atoms with E-state index in [1.54, 1.807) is 0 Å². The third kappa shape index (κ3) is 2.97. The second-order valence-corrected chi connectivity index (χ2v) is 4.30. The third-order valence-corrected chi connectivity index (χ3v) is 2.51. The van der Waals surface area contributed by atoms with E-state index in [-0.39, 0.29) is 11.5 Å². The minimum Gasteiger partial charge on any atom is -0.461 e. The largest absolute Gasteiger partial charge is 0.523 e. The van der Waals surface area contributed by atoms with E-state index in [0.29, 0.717) is 0 Å². The summed E-state index contributed by atoms with van der Waals surface area (Å²) < 4.78 is 64.8. The Balaban J connectivity index is 2.65. The molecule has 0 fully saturated rings. The van der Waals surface area contributed by atoms with Gasteiger partial charge in [0.15, 0.2) is 0 Å². The molecular weight excluding hydrogens is 253 g/mol. The summed E-state index contributed by atoms with van der Waals surface area (Å²) >= 11 is 0. The summed E-state index contributed by atoms with van der Waals surface area (Å²) in [6.45, 7) is -1.31. The smallest absolute Gasteiger partial charge is 0.461 e. The predicted molar refractivity (Wildman–Crippen MR) is 44.4 cm³/mol. The van der Waals surface area contributed by atoms with Crippen molar-refractivity contribution in [3.05, 3.63) is 23.7 Å². The molecule has 1 rings (SSSR count). The lowest BCUT2D eigenvalue weighted by atomic mass is 10.4. The zero-order valence-corrected chi connectivity index (χ0v) is 8.51. The first-order chi connectivity index (χ1) is 7.26. The molecule has 5 nitrogen and oxygen atoms in total. The van der Waals surface area contributed by atoms with Gasteiger partial charge in [0.1, 0.15) is 24.7 Å². The van der Waals surface area contributed by atoms with Gasteiger partial charge >= 0.3 is 15.6 Å². The quantitative estimate of drug-likeness (QED) is 0.648. The van der Waals surface area contributed by atoms with Crippen LogP contribution in [0.1, 0.15) is 11.5 Å². The molecular formula is C7H7F3O5S. The van der Waals surface area contributed by atoms with Crippen molar-refractivity contribution in [3.8, 4) is 0 Å². The van der Waals surface area contributed by atoms with Gasteiger partial charge in [0.05, 0.1) is 0 Å². The third-order valence-electron chi connectivity index (χ3n) is 1.51. The van der Waals surface area contributed by atoms with Crippen molar-refractivity contribution in [2.24, 2.45) is 0 Å². The van der Waals surface area contributed by atoms with E-state index in [4.69, 9.17) is 9.52 Å². The first-order valence-corrected chi connectivity index (χ1v) is 5.31. The van der Waals surface area contributed by atoms with Crippen LogP contribution in [0.3, 0.4) is 0 Å². The maximum absolute atomic E-state index is 11.8. The van der Waals surface area contributed by atoms with Gasteiger partial charge in [-0.05, 0) is 12.1 Å². The number of alkyl halides is 3. The Kier molecular flexibility index (Phi) is 3.61. The van der Waals surface area contributed by atoms with Crippen molar-refractivity contribution >= 4 is 10.1 Å². The summed E-state index contributed by atoms with van der Waals surface area (Å²) in [7, 11) is -5.62. The van der Waals surface area contributed by atoms with Gasteiger partial charge in [0.25, 0.3) is 0 Å². The van der Waals surface area contributed by atoms with Crippen molar-refractivity contribution in [1.29, 1.82) is 0 Å². The molecule has 0 unspecified atom stereocenters. The lowest BCUT2D eigenvalue weighted by Crippen LogP contribution is -2.25. The number of hydrogen-bond donors (Lipinski definition) is 1. The Morgan fingerprint density at radius 2 is 1.88 bits per heavy atom. The second-order valence-electron chi connectivity index (χ2n) is 2.69. The SMILES string of the molecule is O=S(=O)(OCc1ccc(CO)o1)C(F)(F)F. The average molecular weight is 260 g/mol. The van der Waals surface area contributed by atoms with Crippen LogP contribution >= 0.6 is 0 Å². The van der Waals surface area contributed by atoms with E-state index in [2.05, 4.69) is 4.18 Å². The molecule has 1 N–H and O–H groups in total. The molecule has 0 radical (unpaired) electrons. The monoisotopic (exact) mass is 260 g/mol. The van der Waals surface area contributed by atoms with Crippen LogP contribution in [0.25, 0.3) is 0 Å². The highest BCUT2D eigenvalue weighted by Gasteiger charge is 2.47. The van der Waals surface area contributed by atoms with Gasteiger partial charge in [0.2, 0.25) is 0 Å². The highest BCUT2D eigenvalue weighted by atomic mass is 32.2. The summed E-state index contributed by atoms with van der Waals surface area (Å²) in [6.07, 6.45) is 0. The fourth-order valence-electron chi connectivity index (χ4n) is 0.787. The first kappa shape index (κ1) is 13.0. The molecule has 16 heavy (non-hydrogen) atoms. The molecule has 0 aromatic carbocycles. The van der Waals surface area contributed by atoms with Gasteiger partial charge in [-0.15, -0.1) is 0 Å². The van der Waals surface area contributed by atoms with E-state index in [9.17, 15) is 21.6 Å². The zero-order chi connectivity index (χ0) is 12.4. The van der Waals surface area contributed by atoms with Gasteiger partial charge in [-0.3, -0.25) is 4.18 Å². The maximum Gasteiger partial charge on any atom is 0.523 e. The number of hydrogen-bond acceptors (Lipinski definition) is 5. The van der Waals surface area contributed by atoms with Crippen molar-refractivity contribution in [1.82, 2.24) is 0 Å². The molecule has 0 aliphatic carbocycles. The highest BCUT2D eigenvalue weighted by Crippen LogP contribution is 2.25. The number of aliphatic hydroxyl groups excluding tert-OH is 1. The number of furan rings is 1. The number of halogens is 3. The Morgan fingerprint density at radius 3 is 2.31 bits per heavy atom. The average Bonchev–Trinajstić information content (AvgIpc) is 2.60. The summed E-state index contributed by atoms with van der Waals surface area (Å²) in [5, 5.41) is 8.58. The summed E-state index contributed by atoms with van der Waals surface area (Å²) in [4.78, 5) is 0. The molecule has 0 atom stereocenters. The predicted octanol–water partition coefficient (Wildman–Crippen LogP) is 1.14. The van der Waals surface area contributed by atoms with Crippen LogP contribution in [0, 0.1) is 0 Å². The fourth-order valence-corrected chi connectivity index (χ4v) is 1.19. The highest BCUT2D eigenvalue weighted by molar-refractivity contribution is 7.87. The van der Waals surface area contributed by atoms with E-state index in [0.717, 1.165) is 0 Å². The molecule has 9 heteroatoms. The summed E-state index contributed by atoms with van der Waals surface area (Å²) in [5.41, 5.74) is -5.46. The number of rotatable bonds is 4. The lowest BCUT2D eigenvalue weighted by Gasteiger charge is -2.06. The van der Waals surface area contributed by atoms with Gasteiger partial charge < -0.3 is 9.52 Å². The van der Waals surface area contributed by atoms with Crippen molar-refractivity contribution in [3.63, 3.8) is 0 Å². The molecule has 1 heterocycles. The molecule has 1 aromatic rings. The Bertz CT molecular complexity index is 447. The van der Waals surface area contributed by atoms with E-state index in [1.807, 2.05) is 0 Å². The van der Waals surface area contributed by atoms with Gasteiger partial charge in [-0.25, -0.2) is 0 Å².